The quantitative estimate of drug-likeness (QED) is 0.638. The summed E-state index contributed by atoms with van der Waals surface area (Å²) in [6.45, 7) is 10.6. The van der Waals surface area contributed by atoms with E-state index in [-0.39, 0.29) is 5.60 Å². The lowest BCUT2D eigenvalue weighted by molar-refractivity contribution is 0.131. The van der Waals surface area contributed by atoms with Crippen molar-refractivity contribution in [3.05, 3.63) is 59.7 Å². The lowest BCUT2D eigenvalue weighted by atomic mass is 10.0. The summed E-state index contributed by atoms with van der Waals surface area (Å²) in [5.41, 5.74) is 3.24. The van der Waals surface area contributed by atoms with E-state index in [0.29, 0.717) is 5.92 Å². The lowest BCUT2D eigenvalue weighted by Crippen LogP contribution is -2.22. The largest absolute Gasteiger partial charge is 0.488 e. The second-order valence-corrected chi connectivity index (χ2v) is 7.31. The van der Waals surface area contributed by atoms with Gasteiger partial charge in [0.05, 0.1) is 5.69 Å². The van der Waals surface area contributed by atoms with Crippen molar-refractivity contribution in [2.75, 3.05) is 0 Å². The van der Waals surface area contributed by atoms with E-state index in [1.165, 1.54) is 5.56 Å². The third-order valence-corrected chi connectivity index (χ3v) is 3.25. The number of ether oxygens (including phenoxy) is 1. The Hall–Kier alpha value is -2.09. The van der Waals surface area contributed by atoms with Crippen LogP contribution in [0.2, 0.25) is 0 Å². The van der Waals surface area contributed by atoms with E-state index in [1.54, 1.807) is 0 Å². The lowest BCUT2D eigenvalue weighted by Gasteiger charge is -2.21. The maximum atomic E-state index is 5.82. The molecule has 122 valence electrons. The van der Waals surface area contributed by atoms with E-state index in [4.69, 9.17) is 4.74 Å². The molecule has 0 atom stereocenters. The first-order valence-corrected chi connectivity index (χ1v) is 8.24. The highest BCUT2D eigenvalue weighted by Crippen LogP contribution is 2.19. The van der Waals surface area contributed by atoms with Crippen molar-refractivity contribution in [2.24, 2.45) is 10.9 Å². The van der Waals surface area contributed by atoms with Gasteiger partial charge < -0.3 is 4.74 Å². The first kappa shape index (κ1) is 17.3. The summed E-state index contributed by atoms with van der Waals surface area (Å²) in [7, 11) is 0. The Morgan fingerprint density at radius 1 is 0.957 bits per heavy atom. The van der Waals surface area contributed by atoms with Crippen LogP contribution in [0.15, 0.2) is 53.5 Å². The molecule has 2 heteroatoms. The zero-order valence-electron chi connectivity index (χ0n) is 14.8. The van der Waals surface area contributed by atoms with Gasteiger partial charge in [0.25, 0.3) is 0 Å². The van der Waals surface area contributed by atoms with Crippen LogP contribution in [0.4, 0.5) is 5.69 Å². The van der Waals surface area contributed by atoms with Gasteiger partial charge in [-0.25, -0.2) is 0 Å². The Bertz CT molecular complexity index is 631. The minimum atomic E-state index is -0.173. The van der Waals surface area contributed by atoms with Gasteiger partial charge in [-0.1, -0.05) is 26.0 Å². The molecule has 2 aromatic rings. The minimum absolute atomic E-state index is 0.173. The Morgan fingerprint density at radius 2 is 1.57 bits per heavy atom. The smallest absolute Gasteiger partial charge is 0.120 e. The van der Waals surface area contributed by atoms with Crippen LogP contribution in [0, 0.1) is 5.92 Å². The molecule has 0 amide bonds. The first-order chi connectivity index (χ1) is 10.8. The zero-order valence-corrected chi connectivity index (χ0v) is 14.8. The fourth-order valence-electron chi connectivity index (χ4n) is 2.31. The average molecular weight is 309 g/mol. The van der Waals surface area contributed by atoms with Crippen LogP contribution in [-0.4, -0.2) is 11.8 Å². The Labute approximate surface area is 140 Å². The van der Waals surface area contributed by atoms with Gasteiger partial charge in [-0.3, -0.25) is 4.99 Å². The second-order valence-electron chi connectivity index (χ2n) is 7.31. The molecule has 2 nitrogen and oxygen atoms in total. The summed E-state index contributed by atoms with van der Waals surface area (Å²) >= 11 is 0. The van der Waals surface area contributed by atoms with Gasteiger partial charge in [0.2, 0.25) is 0 Å². The van der Waals surface area contributed by atoms with E-state index >= 15 is 0 Å². The monoisotopic (exact) mass is 309 g/mol. The van der Waals surface area contributed by atoms with Gasteiger partial charge in [0, 0.05) is 6.21 Å². The maximum absolute atomic E-state index is 5.82. The molecule has 0 aliphatic carbocycles. The van der Waals surface area contributed by atoms with Crippen molar-refractivity contribution in [1.82, 2.24) is 0 Å². The summed E-state index contributed by atoms with van der Waals surface area (Å²) in [5.74, 6) is 1.56. The zero-order chi connectivity index (χ0) is 16.9. The maximum Gasteiger partial charge on any atom is 0.120 e. The normalized spacial score (nSPS) is 12.1. The van der Waals surface area contributed by atoms with E-state index in [0.717, 1.165) is 23.4 Å². The molecule has 2 aromatic carbocycles. The van der Waals surface area contributed by atoms with Crippen molar-refractivity contribution >= 4 is 11.9 Å². The van der Waals surface area contributed by atoms with Crippen LogP contribution in [-0.2, 0) is 6.42 Å². The summed E-state index contributed by atoms with van der Waals surface area (Å²) in [6.07, 6.45) is 3.00. The molecule has 0 bridgehead atoms. The SMILES string of the molecule is CC(C)Cc1ccc(N=Cc2ccc(OC(C)(C)C)cc2)cc1. The number of aliphatic imine (C=N–C) groups is 1. The fraction of sp³-hybridized carbons (Fsp3) is 0.381. The number of nitrogens with zero attached hydrogens (tertiary/aromatic N) is 1. The van der Waals surface area contributed by atoms with Crippen LogP contribution in [0.5, 0.6) is 5.75 Å². The van der Waals surface area contributed by atoms with Crippen LogP contribution in [0.25, 0.3) is 0 Å². The van der Waals surface area contributed by atoms with Crippen molar-refractivity contribution in [3.63, 3.8) is 0 Å². The molecule has 0 aliphatic rings. The summed E-state index contributed by atoms with van der Waals surface area (Å²) in [4.78, 5) is 4.54. The van der Waals surface area contributed by atoms with Crippen LogP contribution in [0.3, 0.4) is 0 Å². The predicted octanol–water partition coefficient (Wildman–Crippen LogP) is 5.81. The molecule has 0 N–H and O–H groups in total. The molecular formula is C21H27NO. The third kappa shape index (κ3) is 6.27. The van der Waals surface area contributed by atoms with Gasteiger partial charge in [-0.05, 0) is 80.6 Å². The highest BCUT2D eigenvalue weighted by Gasteiger charge is 2.11. The molecule has 23 heavy (non-hydrogen) atoms. The van der Waals surface area contributed by atoms with Gasteiger partial charge in [0.15, 0.2) is 0 Å². The number of rotatable bonds is 5. The van der Waals surface area contributed by atoms with Crippen LogP contribution in [0.1, 0.15) is 45.7 Å². The second kappa shape index (κ2) is 7.45. The van der Waals surface area contributed by atoms with Crippen molar-refractivity contribution < 1.29 is 4.74 Å². The van der Waals surface area contributed by atoms with E-state index in [1.807, 2.05) is 51.3 Å². The topological polar surface area (TPSA) is 21.6 Å². The molecule has 0 aliphatic heterocycles. The molecule has 0 heterocycles. The van der Waals surface area contributed by atoms with Crippen molar-refractivity contribution in [1.29, 1.82) is 0 Å². The molecule has 0 fully saturated rings. The predicted molar refractivity (Wildman–Crippen MR) is 99.1 cm³/mol. The first-order valence-electron chi connectivity index (χ1n) is 8.24. The number of hydrogen-bond donors (Lipinski definition) is 0. The molecule has 0 unspecified atom stereocenters. The Kier molecular flexibility index (Phi) is 5.59. The summed E-state index contributed by atoms with van der Waals surface area (Å²) < 4.78 is 5.82. The highest BCUT2D eigenvalue weighted by molar-refractivity contribution is 5.82. The molecule has 0 aromatic heterocycles. The number of hydrogen-bond acceptors (Lipinski definition) is 2. The molecule has 0 saturated heterocycles. The van der Waals surface area contributed by atoms with Gasteiger partial charge in [0.1, 0.15) is 11.4 Å². The average Bonchev–Trinajstić information content (AvgIpc) is 2.46. The number of benzene rings is 2. The van der Waals surface area contributed by atoms with Crippen LogP contribution < -0.4 is 4.74 Å². The van der Waals surface area contributed by atoms with Gasteiger partial charge in [-0.15, -0.1) is 0 Å². The molecular weight excluding hydrogens is 282 g/mol. The van der Waals surface area contributed by atoms with Crippen molar-refractivity contribution in [3.8, 4) is 5.75 Å². The van der Waals surface area contributed by atoms with Gasteiger partial charge in [-0.2, -0.15) is 0 Å². The van der Waals surface area contributed by atoms with Crippen molar-refractivity contribution in [2.45, 2.75) is 46.6 Å². The van der Waals surface area contributed by atoms with E-state index in [2.05, 4.69) is 43.1 Å². The molecule has 0 saturated carbocycles. The standard InChI is InChI=1S/C21H27NO/c1-16(2)14-17-6-10-19(11-7-17)22-15-18-8-12-20(13-9-18)23-21(3,4)5/h6-13,15-16H,14H2,1-5H3. The highest BCUT2D eigenvalue weighted by atomic mass is 16.5. The minimum Gasteiger partial charge on any atom is -0.488 e. The molecule has 0 radical (unpaired) electrons. The Morgan fingerprint density at radius 3 is 2.09 bits per heavy atom. The molecule has 0 spiro atoms. The fourth-order valence-corrected chi connectivity index (χ4v) is 2.31. The van der Waals surface area contributed by atoms with E-state index < -0.39 is 0 Å². The third-order valence-electron chi connectivity index (χ3n) is 3.25. The molecule has 2 rings (SSSR count). The summed E-state index contributed by atoms with van der Waals surface area (Å²) in [6, 6.07) is 16.5. The Balaban J connectivity index is 1.99. The van der Waals surface area contributed by atoms with Crippen LogP contribution >= 0.6 is 0 Å². The summed E-state index contributed by atoms with van der Waals surface area (Å²) in [5, 5.41) is 0. The van der Waals surface area contributed by atoms with E-state index in [9.17, 15) is 0 Å². The van der Waals surface area contributed by atoms with Gasteiger partial charge >= 0.3 is 0 Å².